The van der Waals surface area contributed by atoms with Crippen LogP contribution in [-0.2, 0) is 5.54 Å². The van der Waals surface area contributed by atoms with Crippen LogP contribution in [0.2, 0.25) is 0 Å². The standard InChI is InChI=1S/C23H21FN6O/c1-31-20-7-5-17(6-8-20)23(21-28-12-19(24)13-30(21)22(25)29-23)18-4-2-3-15(9-18)16-10-26-14-27-11-16/h2-11,14,19H,12-13H2,1H3,(H2,25,29). The summed E-state index contributed by atoms with van der Waals surface area (Å²) in [5.74, 6) is 1.62. The Labute approximate surface area is 179 Å². The molecule has 0 spiro atoms. The van der Waals surface area contributed by atoms with E-state index < -0.39 is 11.7 Å². The molecule has 7 nitrogen and oxygen atoms in total. The Kier molecular flexibility index (Phi) is 4.62. The molecule has 0 aliphatic carbocycles. The molecule has 8 heteroatoms. The van der Waals surface area contributed by atoms with Crippen molar-refractivity contribution >= 4 is 11.8 Å². The van der Waals surface area contributed by atoms with Crippen molar-refractivity contribution in [2.24, 2.45) is 15.7 Å². The molecule has 2 unspecified atom stereocenters. The van der Waals surface area contributed by atoms with E-state index in [4.69, 9.17) is 15.5 Å². The monoisotopic (exact) mass is 416 g/mol. The quantitative estimate of drug-likeness (QED) is 0.707. The molecule has 2 aliphatic heterocycles. The highest BCUT2D eigenvalue weighted by Crippen LogP contribution is 2.43. The Morgan fingerprint density at radius 1 is 1.06 bits per heavy atom. The average molecular weight is 416 g/mol. The minimum Gasteiger partial charge on any atom is -0.497 e. The summed E-state index contributed by atoms with van der Waals surface area (Å²) in [5, 5.41) is 0. The van der Waals surface area contributed by atoms with Crippen LogP contribution in [-0.4, -0.2) is 53.0 Å². The zero-order valence-corrected chi connectivity index (χ0v) is 16.9. The summed E-state index contributed by atoms with van der Waals surface area (Å²) in [6, 6.07) is 15.6. The van der Waals surface area contributed by atoms with Gasteiger partial charge in [-0.3, -0.25) is 9.89 Å². The molecule has 0 amide bonds. The van der Waals surface area contributed by atoms with E-state index in [2.05, 4.69) is 15.0 Å². The lowest BCUT2D eigenvalue weighted by Crippen LogP contribution is -2.49. The molecule has 0 saturated carbocycles. The van der Waals surface area contributed by atoms with Crippen molar-refractivity contribution in [3.05, 3.63) is 78.4 Å². The van der Waals surface area contributed by atoms with Gasteiger partial charge in [-0.15, -0.1) is 0 Å². The van der Waals surface area contributed by atoms with E-state index >= 15 is 0 Å². The second-order valence-electron chi connectivity index (χ2n) is 7.49. The number of amidine groups is 1. The second-order valence-corrected chi connectivity index (χ2v) is 7.49. The zero-order valence-electron chi connectivity index (χ0n) is 16.9. The maximum Gasteiger partial charge on any atom is 0.198 e. The van der Waals surface area contributed by atoms with Gasteiger partial charge < -0.3 is 10.5 Å². The van der Waals surface area contributed by atoms with E-state index in [9.17, 15) is 4.39 Å². The van der Waals surface area contributed by atoms with Crippen molar-refractivity contribution in [3.8, 4) is 16.9 Å². The zero-order chi connectivity index (χ0) is 21.4. The Balaban J connectivity index is 1.73. The van der Waals surface area contributed by atoms with Gasteiger partial charge in [-0.2, -0.15) is 0 Å². The number of alkyl halides is 1. The Morgan fingerprint density at radius 2 is 1.84 bits per heavy atom. The first-order valence-electron chi connectivity index (χ1n) is 9.94. The van der Waals surface area contributed by atoms with Crippen LogP contribution in [0.15, 0.2) is 77.2 Å². The van der Waals surface area contributed by atoms with Crippen LogP contribution in [0.5, 0.6) is 5.75 Å². The minimum atomic E-state index is -1.09. The Hall–Kier alpha value is -3.81. The SMILES string of the molecule is COc1ccc(C2(c3cccc(-c4cncnc4)c3)N=C(N)N3CC(F)CN=C32)cc1. The number of ether oxygens (including phenoxy) is 1. The molecule has 5 rings (SSSR count). The van der Waals surface area contributed by atoms with Crippen molar-refractivity contribution in [1.82, 2.24) is 14.9 Å². The predicted molar refractivity (Wildman–Crippen MR) is 117 cm³/mol. The van der Waals surface area contributed by atoms with Crippen molar-refractivity contribution in [1.29, 1.82) is 0 Å². The number of rotatable bonds is 4. The van der Waals surface area contributed by atoms with Gasteiger partial charge >= 0.3 is 0 Å². The summed E-state index contributed by atoms with van der Waals surface area (Å²) >= 11 is 0. The molecule has 31 heavy (non-hydrogen) atoms. The van der Waals surface area contributed by atoms with Gasteiger partial charge in [0.25, 0.3) is 0 Å². The number of fused-ring (bicyclic) bond motifs is 1. The van der Waals surface area contributed by atoms with Crippen LogP contribution in [0.4, 0.5) is 4.39 Å². The first-order valence-corrected chi connectivity index (χ1v) is 9.94. The van der Waals surface area contributed by atoms with Crippen LogP contribution < -0.4 is 10.5 Å². The summed E-state index contributed by atoms with van der Waals surface area (Å²) in [6.07, 6.45) is 3.93. The second kappa shape index (κ2) is 7.46. The molecule has 1 aromatic heterocycles. The van der Waals surface area contributed by atoms with E-state index in [1.54, 1.807) is 24.4 Å². The number of nitrogens with zero attached hydrogens (tertiary/aromatic N) is 5. The summed E-state index contributed by atoms with van der Waals surface area (Å²) in [4.78, 5) is 19.4. The number of aliphatic imine (C=N–C) groups is 2. The minimum absolute atomic E-state index is 0.0821. The number of benzene rings is 2. The predicted octanol–water partition coefficient (Wildman–Crippen LogP) is 2.78. The van der Waals surface area contributed by atoms with Gasteiger partial charge in [-0.1, -0.05) is 30.3 Å². The van der Waals surface area contributed by atoms with Gasteiger partial charge in [0.05, 0.1) is 20.2 Å². The van der Waals surface area contributed by atoms with E-state index in [1.165, 1.54) is 6.33 Å². The largest absolute Gasteiger partial charge is 0.497 e. The number of aromatic nitrogens is 2. The van der Waals surface area contributed by atoms with Crippen LogP contribution in [0.3, 0.4) is 0 Å². The van der Waals surface area contributed by atoms with Gasteiger partial charge in [-0.25, -0.2) is 19.4 Å². The number of methoxy groups -OCH3 is 1. The molecule has 0 saturated heterocycles. The van der Waals surface area contributed by atoms with Gasteiger partial charge in [0, 0.05) is 18.0 Å². The van der Waals surface area contributed by atoms with E-state index in [0.717, 1.165) is 28.0 Å². The van der Waals surface area contributed by atoms with Crippen LogP contribution in [0, 0.1) is 0 Å². The fraction of sp³-hybridized carbons (Fsp3) is 0.217. The molecule has 2 aromatic carbocycles. The molecular weight excluding hydrogens is 395 g/mol. The summed E-state index contributed by atoms with van der Waals surface area (Å²) in [7, 11) is 1.62. The molecule has 0 radical (unpaired) electrons. The first kappa shape index (κ1) is 19.2. The highest BCUT2D eigenvalue weighted by molar-refractivity contribution is 6.12. The van der Waals surface area contributed by atoms with E-state index in [0.29, 0.717) is 5.84 Å². The number of nitrogens with two attached hydrogens (primary N) is 1. The lowest BCUT2D eigenvalue weighted by molar-refractivity contribution is 0.288. The van der Waals surface area contributed by atoms with E-state index in [-0.39, 0.29) is 19.0 Å². The van der Waals surface area contributed by atoms with Gasteiger partial charge in [0.15, 0.2) is 11.5 Å². The molecule has 3 aromatic rings. The third-order valence-corrected chi connectivity index (χ3v) is 5.64. The summed E-state index contributed by atoms with van der Waals surface area (Å²) in [6.45, 7) is 0.219. The fourth-order valence-corrected chi connectivity index (χ4v) is 4.17. The van der Waals surface area contributed by atoms with Crippen molar-refractivity contribution < 1.29 is 9.13 Å². The summed E-state index contributed by atoms with van der Waals surface area (Å²) in [5.41, 5.74) is 8.88. The molecule has 0 bridgehead atoms. The number of hydrogen-bond donors (Lipinski definition) is 1. The third kappa shape index (κ3) is 3.11. The smallest absolute Gasteiger partial charge is 0.198 e. The molecule has 2 N–H and O–H groups in total. The van der Waals surface area contributed by atoms with E-state index in [1.807, 2.05) is 48.5 Å². The van der Waals surface area contributed by atoms with Crippen molar-refractivity contribution in [2.75, 3.05) is 20.2 Å². The van der Waals surface area contributed by atoms with Gasteiger partial charge in [-0.05, 0) is 34.9 Å². The number of guanidine groups is 1. The molecule has 0 fully saturated rings. The molecule has 3 heterocycles. The fourth-order valence-electron chi connectivity index (χ4n) is 4.17. The average Bonchev–Trinajstić information content (AvgIpc) is 3.12. The molecular formula is C23H21FN6O. The molecule has 2 aliphatic rings. The van der Waals surface area contributed by atoms with Crippen LogP contribution in [0.1, 0.15) is 11.1 Å². The highest BCUT2D eigenvalue weighted by atomic mass is 19.1. The van der Waals surface area contributed by atoms with Crippen LogP contribution in [0.25, 0.3) is 11.1 Å². The van der Waals surface area contributed by atoms with Crippen molar-refractivity contribution in [3.63, 3.8) is 0 Å². The van der Waals surface area contributed by atoms with Crippen LogP contribution >= 0.6 is 0 Å². The number of hydrogen-bond acceptors (Lipinski definition) is 7. The third-order valence-electron chi connectivity index (χ3n) is 5.64. The molecule has 156 valence electrons. The van der Waals surface area contributed by atoms with Gasteiger partial charge in [0.2, 0.25) is 0 Å². The lowest BCUT2D eigenvalue weighted by atomic mass is 9.81. The number of halogens is 1. The van der Waals surface area contributed by atoms with Crippen molar-refractivity contribution in [2.45, 2.75) is 11.7 Å². The summed E-state index contributed by atoms with van der Waals surface area (Å²) < 4.78 is 19.5. The van der Waals surface area contributed by atoms with Gasteiger partial charge in [0.1, 0.15) is 24.1 Å². The first-order chi connectivity index (χ1) is 15.1. The molecule has 2 atom stereocenters. The Morgan fingerprint density at radius 3 is 2.58 bits per heavy atom. The Bertz CT molecular complexity index is 1160. The topological polar surface area (TPSA) is 89.0 Å². The normalized spacial score (nSPS) is 22.5. The maximum absolute atomic E-state index is 14.1. The highest BCUT2D eigenvalue weighted by Gasteiger charge is 2.50. The lowest BCUT2D eigenvalue weighted by Gasteiger charge is -2.34. The maximum atomic E-state index is 14.1.